The van der Waals surface area contributed by atoms with Crippen LogP contribution in [-0.4, -0.2) is 15.7 Å². The maximum Gasteiger partial charge on any atom is 0.329 e. The van der Waals surface area contributed by atoms with Crippen molar-refractivity contribution in [3.05, 3.63) is 0 Å². The van der Waals surface area contributed by atoms with E-state index < -0.39 is 10.6 Å². The summed E-state index contributed by atoms with van der Waals surface area (Å²) >= 11 is 1.11. The number of thiocyanates is 2. The van der Waals surface area contributed by atoms with Crippen molar-refractivity contribution in [2.24, 2.45) is 0 Å². The van der Waals surface area contributed by atoms with Crippen molar-refractivity contribution in [3.8, 4) is 10.8 Å². The van der Waals surface area contributed by atoms with Gasteiger partial charge in [-0.25, -0.2) is 0 Å². The third-order valence-electron chi connectivity index (χ3n) is 0.521. The molecule has 0 rings (SSSR count). The zero-order valence-electron chi connectivity index (χ0n) is 4.64. The van der Waals surface area contributed by atoms with Gasteiger partial charge in [-0.2, -0.15) is 10.5 Å². The standard InChI is InChI=1S/C4H2N2O2S2/c5-1-9-4(3(7)8)10-2-6/h4H,(H,7,8). The summed E-state index contributed by atoms with van der Waals surface area (Å²) < 4.78 is -0.991. The first-order valence-corrected chi connectivity index (χ1v) is 3.80. The number of nitriles is 2. The van der Waals surface area contributed by atoms with E-state index >= 15 is 0 Å². The smallest absolute Gasteiger partial charge is 0.329 e. The predicted molar refractivity (Wildman–Crippen MR) is 37.8 cm³/mol. The first kappa shape index (κ1) is 9.15. The molecule has 0 heterocycles. The van der Waals surface area contributed by atoms with Gasteiger partial charge in [0.15, 0.2) is 4.58 Å². The molecule has 0 aromatic carbocycles. The molecular formula is C4H2N2O2S2. The molecule has 0 spiro atoms. The van der Waals surface area contributed by atoms with E-state index in [0.29, 0.717) is 23.5 Å². The molecule has 6 heteroatoms. The van der Waals surface area contributed by atoms with E-state index in [1.807, 2.05) is 0 Å². The van der Waals surface area contributed by atoms with Crippen molar-refractivity contribution < 1.29 is 9.90 Å². The van der Waals surface area contributed by atoms with Crippen molar-refractivity contribution in [3.63, 3.8) is 0 Å². The average molecular weight is 174 g/mol. The quantitative estimate of drug-likeness (QED) is 0.503. The Balaban J connectivity index is 3.90. The summed E-state index contributed by atoms with van der Waals surface area (Å²) in [6.45, 7) is 0. The highest BCUT2D eigenvalue weighted by Gasteiger charge is 2.18. The lowest BCUT2D eigenvalue weighted by atomic mass is 10.8. The second-order valence-electron chi connectivity index (χ2n) is 1.09. The molecule has 0 bridgehead atoms. The van der Waals surface area contributed by atoms with Gasteiger partial charge in [-0.15, -0.1) is 0 Å². The third kappa shape index (κ3) is 3.23. The van der Waals surface area contributed by atoms with Crippen LogP contribution in [0.3, 0.4) is 0 Å². The first-order valence-electron chi connectivity index (χ1n) is 2.04. The van der Waals surface area contributed by atoms with E-state index in [2.05, 4.69) is 0 Å². The lowest BCUT2D eigenvalue weighted by molar-refractivity contribution is -0.134. The van der Waals surface area contributed by atoms with Crippen LogP contribution in [0.15, 0.2) is 0 Å². The summed E-state index contributed by atoms with van der Waals surface area (Å²) in [6.07, 6.45) is 0. The van der Waals surface area contributed by atoms with Gasteiger partial charge >= 0.3 is 5.97 Å². The normalized spacial score (nSPS) is 8.30. The Labute approximate surface area is 65.8 Å². The fraction of sp³-hybridized carbons (Fsp3) is 0.250. The molecule has 0 atom stereocenters. The van der Waals surface area contributed by atoms with Crippen molar-refractivity contribution >= 4 is 29.5 Å². The van der Waals surface area contributed by atoms with Crippen LogP contribution in [-0.2, 0) is 4.79 Å². The fourth-order valence-electron chi connectivity index (χ4n) is 0.221. The summed E-state index contributed by atoms with van der Waals surface area (Å²) in [6, 6.07) is 0. The Bertz CT molecular complexity index is 188. The van der Waals surface area contributed by atoms with Crippen molar-refractivity contribution in [2.45, 2.75) is 4.58 Å². The fourth-order valence-corrected chi connectivity index (χ4v) is 1.06. The van der Waals surface area contributed by atoms with Crippen LogP contribution >= 0.6 is 23.5 Å². The minimum absolute atomic E-state index is 0.556. The monoisotopic (exact) mass is 174 g/mol. The SMILES string of the molecule is N#CSC(SC#N)C(=O)O. The molecule has 52 valence electrons. The van der Waals surface area contributed by atoms with Crippen molar-refractivity contribution in [2.75, 3.05) is 0 Å². The Morgan fingerprint density at radius 1 is 1.40 bits per heavy atom. The Morgan fingerprint density at radius 2 is 1.80 bits per heavy atom. The molecular weight excluding hydrogens is 172 g/mol. The number of carbonyl (C=O) groups is 1. The molecule has 0 radical (unpaired) electrons. The maximum atomic E-state index is 10.1. The van der Waals surface area contributed by atoms with Crippen LogP contribution in [0.1, 0.15) is 0 Å². The van der Waals surface area contributed by atoms with Crippen LogP contribution in [0.5, 0.6) is 0 Å². The molecule has 4 nitrogen and oxygen atoms in total. The van der Waals surface area contributed by atoms with Crippen molar-refractivity contribution in [1.29, 1.82) is 10.5 Å². The molecule has 0 aliphatic heterocycles. The summed E-state index contributed by atoms with van der Waals surface area (Å²) in [5, 5.41) is 27.6. The van der Waals surface area contributed by atoms with E-state index in [1.165, 1.54) is 0 Å². The zero-order chi connectivity index (χ0) is 7.98. The number of aliphatic carboxylic acids is 1. The van der Waals surface area contributed by atoms with Crippen LogP contribution in [0.25, 0.3) is 0 Å². The summed E-state index contributed by atoms with van der Waals surface area (Å²) in [5.41, 5.74) is 0. The molecule has 0 saturated carbocycles. The van der Waals surface area contributed by atoms with Gasteiger partial charge in [0.1, 0.15) is 10.8 Å². The zero-order valence-corrected chi connectivity index (χ0v) is 6.28. The number of hydrogen-bond acceptors (Lipinski definition) is 5. The molecule has 0 aliphatic rings. The number of carboxylic acids is 1. The number of carboxylic acid groups (broad SMARTS) is 1. The molecule has 0 unspecified atom stereocenters. The third-order valence-corrected chi connectivity index (χ3v) is 2.14. The largest absolute Gasteiger partial charge is 0.480 e. The lowest BCUT2D eigenvalue weighted by Crippen LogP contribution is -2.09. The Kier molecular flexibility index (Phi) is 4.55. The number of thioether (sulfide) groups is 2. The van der Waals surface area contributed by atoms with Gasteiger partial charge in [-0.3, -0.25) is 4.79 Å². The number of rotatable bonds is 3. The molecule has 0 aliphatic carbocycles. The maximum absolute atomic E-state index is 10.1. The lowest BCUT2D eigenvalue weighted by Gasteiger charge is -1.97. The second-order valence-corrected chi connectivity index (χ2v) is 3.17. The summed E-state index contributed by atoms with van der Waals surface area (Å²) in [4.78, 5) is 10.1. The topological polar surface area (TPSA) is 84.9 Å². The van der Waals surface area contributed by atoms with Gasteiger partial charge in [-0.05, 0) is 23.5 Å². The average Bonchev–Trinajstić information content (AvgIpc) is 1.87. The van der Waals surface area contributed by atoms with E-state index in [9.17, 15) is 4.79 Å². The van der Waals surface area contributed by atoms with Crippen molar-refractivity contribution in [1.82, 2.24) is 0 Å². The molecule has 0 fully saturated rings. The van der Waals surface area contributed by atoms with Gasteiger partial charge in [-0.1, -0.05) is 0 Å². The highest BCUT2D eigenvalue weighted by atomic mass is 32.2. The van der Waals surface area contributed by atoms with E-state index in [0.717, 1.165) is 0 Å². The van der Waals surface area contributed by atoms with Crippen LogP contribution in [0, 0.1) is 21.3 Å². The predicted octanol–water partition coefficient (Wildman–Crippen LogP) is 0.826. The van der Waals surface area contributed by atoms with Crippen LogP contribution in [0.2, 0.25) is 0 Å². The first-order chi connectivity index (χ1) is 4.72. The number of hydrogen-bond donors (Lipinski definition) is 1. The molecule has 0 saturated heterocycles. The Hall–Kier alpha value is -0.850. The van der Waals surface area contributed by atoms with Gasteiger partial charge in [0.05, 0.1) is 0 Å². The van der Waals surface area contributed by atoms with E-state index in [-0.39, 0.29) is 0 Å². The van der Waals surface area contributed by atoms with Gasteiger partial charge < -0.3 is 5.11 Å². The van der Waals surface area contributed by atoms with E-state index in [1.54, 1.807) is 10.8 Å². The minimum atomic E-state index is -1.15. The van der Waals surface area contributed by atoms with Crippen LogP contribution < -0.4 is 0 Å². The van der Waals surface area contributed by atoms with Gasteiger partial charge in [0.25, 0.3) is 0 Å². The number of nitrogens with zero attached hydrogens (tertiary/aromatic N) is 2. The summed E-state index contributed by atoms with van der Waals surface area (Å²) in [5.74, 6) is -1.15. The molecule has 0 aromatic heterocycles. The highest BCUT2D eigenvalue weighted by Crippen LogP contribution is 2.21. The molecule has 0 aromatic rings. The van der Waals surface area contributed by atoms with Gasteiger partial charge in [0.2, 0.25) is 0 Å². The van der Waals surface area contributed by atoms with Crippen LogP contribution in [0.4, 0.5) is 0 Å². The molecule has 10 heavy (non-hydrogen) atoms. The second kappa shape index (κ2) is 4.98. The molecule has 1 N–H and O–H groups in total. The Morgan fingerprint density at radius 3 is 2.00 bits per heavy atom. The highest BCUT2D eigenvalue weighted by molar-refractivity contribution is 8.22. The minimum Gasteiger partial charge on any atom is -0.480 e. The van der Waals surface area contributed by atoms with Gasteiger partial charge in [0, 0.05) is 0 Å². The summed E-state index contributed by atoms with van der Waals surface area (Å²) in [7, 11) is 0. The van der Waals surface area contributed by atoms with E-state index in [4.69, 9.17) is 15.6 Å². The molecule has 0 amide bonds.